The van der Waals surface area contributed by atoms with Crippen molar-refractivity contribution in [3.63, 3.8) is 0 Å². The molecule has 0 aliphatic heterocycles. The van der Waals surface area contributed by atoms with Gasteiger partial charge in [0.1, 0.15) is 5.69 Å². The van der Waals surface area contributed by atoms with Crippen LogP contribution >= 0.6 is 0 Å². The molecule has 0 unspecified atom stereocenters. The van der Waals surface area contributed by atoms with Crippen molar-refractivity contribution >= 4 is 5.69 Å². The largest absolute Gasteiger partial charge is 0.366 e. The van der Waals surface area contributed by atoms with E-state index in [1.807, 2.05) is 0 Å². The molecular formula is C5H6N2O2. The summed E-state index contributed by atoms with van der Waals surface area (Å²) in [6.07, 6.45) is 2.87. The minimum Gasteiger partial charge on any atom is -0.366 e. The van der Waals surface area contributed by atoms with Crippen LogP contribution in [0.1, 0.15) is 0 Å². The van der Waals surface area contributed by atoms with E-state index in [0.717, 1.165) is 0 Å². The molecule has 0 bridgehead atoms. The Hall–Kier alpha value is -1.29. The van der Waals surface area contributed by atoms with Crippen LogP contribution in [0.4, 0.5) is 5.69 Å². The Morgan fingerprint density at radius 1 is 1.67 bits per heavy atom. The van der Waals surface area contributed by atoms with E-state index in [1.165, 1.54) is 18.5 Å². The second-order valence-electron chi connectivity index (χ2n) is 1.53. The van der Waals surface area contributed by atoms with Gasteiger partial charge in [-0.1, -0.05) is 0 Å². The summed E-state index contributed by atoms with van der Waals surface area (Å²) < 4.78 is 0. The molecule has 0 spiro atoms. The van der Waals surface area contributed by atoms with Gasteiger partial charge in [0, 0.05) is 18.5 Å². The fourth-order valence-electron chi connectivity index (χ4n) is 0.504. The lowest BCUT2D eigenvalue weighted by Crippen LogP contribution is -2.06. The van der Waals surface area contributed by atoms with Crippen molar-refractivity contribution < 1.29 is 5.21 Å². The highest BCUT2D eigenvalue weighted by atomic mass is 16.5. The third-order valence-corrected chi connectivity index (χ3v) is 0.945. The molecule has 0 aliphatic carbocycles. The molecule has 4 heteroatoms. The standard InChI is InChI=1S/C5H6N2O2/c8-5-1-2-6-3-4(5)7-9/h1-3,7,9H,(H,6,8). The first-order chi connectivity index (χ1) is 4.34. The van der Waals surface area contributed by atoms with Gasteiger partial charge in [0.15, 0.2) is 0 Å². The van der Waals surface area contributed by atoms with Crippen LogP contribution < -0.4 is 10.9 Å². The third kappa shape index (κ3) is 1.09. The second kappa shape index (κ2) is 2.32. The predicted molar refractivity (Wildman–Crippen MR) is 32.5 cm³/mol. The number of pyridine rings is 1. The molecule has 0 saturated carbocycles. The van der Waals surface area contributed by atoms with E-state index in [9.17, 15) is 4.79 Å². The van der Waals surface area contributed by atoms with Crippen LogP contribution in [-0.2, 0) is 0 Å². The summed E-state index contributed by atoms with van der Waals surface area (Å²) in [6, 6.07) is 1.32. The van der Waals surface area contributed by atoms with Crippen LogP contribution in [0.5, 0.6) is 0 Å². The van der Waals surface area contributed by atoms with Crippen molar-refractivity contribution in [1.82, 2.24) is 4.98 Å². The number of hydrogen-bond acceptors (Lipinski definition) is 3. The zero-order valence-electron chi connectivity index (χ0n) is 4.59. The summed E-state index contributed by atoms with van der Waals surface area (Å²) in [5, 5.41) is 8.25. The summed E-state index contributed by atoms with van der Waals surface area (Å²) in [7, 11) is 0. The molecule has 4 nitrogen and oxygen atoms in total. The molecule has 1 aromatic heterocycles. The minimum absolute atomic E-state index is 0.150. The molecule has 0 atom stereocenters. The Labute approximate surface area is 51.1 Å². The van der Waals surface area contributed by atoms with Gasteiger partial charge in [0.25, 0.3) is 0 Å². The third-order valence-electron chi connectivity index (χ3n) is 0.945. The number of aromatic amines is 1. The van der Waals surface area contributed by atoms with Crippen molar-refractivity contribution in [2.75, 3.05) is 5.48 Å². The lowest BCUT2D eigenvalue weighted by Gasteiger charge is -1.92. The molecule has 0 fully saturated rings. The number of H-pyrrole nitrogens is 1. The van der Waals surface area contributed by atoms with E-state index in [1.54, 1.807) is 5.48 Å². The van der Waals surface area contributed by atoms with E-state index >= 15 is 0 Å². The van der Waals surface area contributed by atoms with Crippen LogP contribution in [0, 0.1) is 0 Å². The van der Waals surface area contributed by atoms with Gasteiger partial charge in [-0.05, 0) is 0 Å². The molecular weight excluding hydrogens is 120 g/mol. The summed E-state index contributed by atoms with van der Waals surface area (Å²) in [4.78, 5) is 13.2. The molecule has 0 radical (unpaired) electrons. The number of nitrogens with one attached hydrogen (secondary N) is 2. The second-order valence-corrected chi connectivity index (χ2v) is 1.53. The Morgan fingerprint density at radius 3 is 2.89 bits per heavy atom. The molecule has 9 heavy (non-hydrogen) atoms. The first-order valence-electron chi connectivity index (χ1n) is 2.42. The maximum absolute atomic E-state index is 10.6. The zero-order chi connectivity index (χ0) is 6.69. The van der Waals surface area contributed by atoms with Crippen molar-refractivity contribution in [2.45, 2.75) is 0 Å². The van der Waals surface area contributed by atoms with Crippen LogP contribution in [0.25, 0.3) is 0 Å². The summed E-state index contributed by atoms with van der Waals surface area (Å²) in [6.45, 7) is 0. The smallest absolute Gasteiger partial charge is 0.206 e. The van der Waals surface area contributed by atoms with Gasteiger partial charge in [0.05, 0.1) is 0 Å². The monoisotopic (exact) mass is 126 g/mol. The van der Waals surface area contributed by atoms with Gasteiger partial charge in [-0.25, -0.2) is 0 Å². The average Bonchev–Trinajstić information content (AvgIpc) is 1.89. The summed E-state index contributed by atoms with van der Waals surface area (Å²) >= 11 is 0. The molecule has 1 rings (SSSR count). The SMILES string of the molecule is O=c1cc[nH]cc1NO. The van der Waals surface area contributed by atoms with Gasteiger partial charge in [0.2, 0.25) is 5.43 Å². The fraction of sp³-hybridized carbons (Fsp3) is 0. The lowest BCUT2D eigenvalue weighted by molar-refractivity contribution is 0.388. The molecule has 0 aromatic carbocycles. The van der Waals surface area contributed by atoms with Crippen LogP contribution in [-0.4, -0.2) is 10.2 Å². The number of anilines is 1. The van der Waals surface area contributed by atoms with Crippen LogP contribution in [0.3, 0.4) is 0 Å². The molecule has 1 heterocycles. The number of aromatic nitrogens is 1. The van der Waals surface area contributed by atoms with Gasteiger partial charge in [-0.3, -0.25) is 15.5 Å². The lowest BCUT2D eigenvalue weighted by atomic mass is 10.4. The van der Waals surface area contributed by atoms with Gasteiger partial charge < -0.3 is 4.98 Å². The molecule has 3 N–H and O–H groups in total. The van der Waals surface area contributed by atoms with E-state index in [0.29, 0.717) is 0 Å². The Balaban J connectivity index is 3.16. The highest BCUT2D eigenvalue weighted by Crippen LogP contribution is 1.89. The predicted octanol–water partition coefficient (Wildman–Crippen LogP) is 0.176. The average molecular weight is 126 g/mol. The van der Waals surface area contributed by atoms with E-state index in [-0.39, 0.29) is 11.1 Å². The maximum atomic E-state index is 10.6. The summed E-state index contributed by atoms with van der Waals surface area (Å²) in [5.41, 5.74) is 1.66. The Morgan fingerprint density at radius 2 is 2.44 bits per heavy atom. The number of rotatable bonds is 1. The van der Waals surface area contributed by atoms with E-state index < -0.39 is 0 Å². The van der Waals surface area contributed by atoms with Gasteiger partial charge >= 0.3 is 0 Å². The van der Waals surface area contributed by atoms with Crippen LogP contribution in [0.2, 0.25) is 0 Å². The van der Waals surface area contributed by atoms with Crippen LogP contribution in [0.15, 0.2) is 23.3 Å². The van der Waals surface area contributed by atoms with Crippen molar-refractivity contribution in [2.24, 2.45) is 0 Å². The highest BCUT2D eigenvalue weighted by Gasteiger charge is 1.90. The topological polar surface area (TPSA) is 65.1 Å². The molecule has 1 aromatic rings. The molecule has 0 aliphatic rings. The Bertz CT molecular complexity index is 243. The Kier molecular flexibility index (Phi) is 1.51. The maximum Gasteiger partial charge on any atom is 0.206 e. The molecule has 0 saturated heterocycles. The van der Waals surface area contributed by atoms with Gasteiger partial charge in [-0.2, -0.15) is 0 Å². The van der Waals surface area contributed by atoms with Crippen molar-refractivity contribution in [3.05, 3.63) is 28.7 Å². The first kappa shape index (κ1) is 5.84. The highest BCUT2D eigenvalue weighted by molar-refractivity contribution is 5.36. The first-order valence-corrected chi connectivity index (χ1v) is 2.42. The van der Waals surface area contributed by atoms with E-state index in [2.05, 4.69) is 4.98 Å². The number of hydrogen-bond donors (Lipinski definition) is 3. The summed E-state index contributed by atoms with van der Waals surface area (Å²) in [5.74, 6) is 0. The normalized spacial score (nSPS) is 9.00. The minimum atomic E-state index is -0.240. The molecule has 48 valence electrons. The van der Waals surface area contributed by atoms with Crippen molar-refractivity contribution in [3.8, 4) is 0 Å². The molecule has 0 amide bonds. The van der Waals surface area contributed by atoms with Gasteiger partial charge in [-0.15, -0.1) is 0 Å². The quantitative estimate of drug-likeness (QED) is 0.470. The van der Waals surface area contributed by atoms with E-state index in [4.69, 9.17) is 5.21 Å². The zero-order valence-corrected chi connectivity index (χ0v) is 4.59. The fourth-order valence-corrected chi connectivity index (χ4v) is 0.504. The van der Waals surface area contributed by atoms with Crippen molar-refractivity contribution in [1.29, 1.82) is 0 Å².